The number of hydrogen-bond acceptors (Lipinski definition) is 3. The molecule has 0 spiro atoms. The number of benzene rings is 2. The molecule has 0 fully saturated rings. The molecule has 1 heterocycles. The highest BCUT2D eigenvalue weighted by molar-refractivity contribution is 7.98. The zero-order chi connectivity index (χ0) is 21.0. The van der Waals surface area contributed by atoms with E-state index in [-0.39, 0.29) is 11.6 Å². The van der Waals surface area contributed by atoms with E-state index in [2.05, 4.69) is 22.4 Å². The van der Waals surface area contributed by atoms with Crippen molar-refractivity contribution in [1.29, 1.82) is 0 Å². The highest BCUT2D eigenvalue weighted by Crippen LogP contribution is 2.23. The Morgan fingerprint density at radius 1 is 1.17 bits per heavy atom. The maximum absolute atomic E-state index is 13.0. The van der Waals surface area contributed by atoms with Crippen molar-refractivity contribution in [3.8, 4) is 0 Å². The average Bonchev–Trinajstić information content (AvgIpc) is 2.68. The summed E-state index contributed by atoms with van der Waals surface area (Å²) in [6.07, 6.45) is 2.84. The van der Waals surface area contributed by atoms with Crippen molar-refractivity contribution in [2.24, 2.45) is 0 Å². The lowest BCUT2D eigenvalue weighted by molar-refractivity contribution is 0.209. The lowest BCUT2D eigenvalue weighted by Crippen LogP contribution is -2.35. The zero-order valence-corrected chi connectivity index (χ0v) is 18.2. The number of aromatic nitrogens is 1. The molecule has 6 heteroatoms. The summed E-state index contributed by atoms with van der Waals surface area (Å²) in [5, 5.41) is 3.98. The third-order valence-corrected chi connectivity index (χ3v) is 5.57. The van der Waals surface area contributed by atoms with Crippen molar-refractivity contribution in [1.82, 2.24) is 9.88 Å². The van der Waals surface area contributed by atoms with Gasteiger partial charge in [0.2, 0.25) is 5.56 Å². The summed E-state index contributed by atoms with van der Waals surface area (Å²) >= 11 is 1.63. The molecular weight excluding hydrogens is 382 g/mol. The number of H-pyrrole nitrogens is 1. The van der Waals surface area contributed by atoms with Crippen molar-refractivity contribution in [3.05, 3.63) is 69.5 Å². The summed E-state index contributed by atoms with van der Waals surface area (Å²) in [6.45, 7) is 7.05. The average molecular weight is 410 g/mol. The van der Waals surface area contributed by atoms with Crippen LogP contribution < -0.4 is 10.9 Å². The number of rotatable bonds is 6. The van der Waals surface area contributed by atoms with Gasteiger partial charge in [0.25, 0.3) is 0 Å². The number of hydrogen-bond donors (Lipinski definition) is 2. The van der Waals surface area contributed by atoms with Crippen molar-refractivity contribution in [2.75, 3.05) is 18.1 Å². The van der Waals surface area contributed by atoms with Crippen LogP contribution in [0.15, 0.2) is 52.2 Å². The number of carbonyl (C=O) groups excluding carboxylic acids is 1. The molecule has 0 atom stereocenters. The number of pyridine rings is 1. The quantitative estimate of drug-likeness (QED) is 0.542. The Labute approximate surface area is 175 Å². The lowest BCUT2D eigenvalue weighted by atomic mass is 10.0. The predicted octanol–water partition coefficient (Wildman–Crippen LogP) is 5.31. The Kier molecular flexibility index (Phi) is 6.64. The van der Waals surface area contributed by atoms with Gasteiger partial charge >= 0.3 is 6.03 Å². The van der Waals surface area contributed by atoms with Crippen LogP contribution in [0.1, 0.15) is 30.0 Å². The van der Waals surface area contributed by atoms with Crippen LogP contribution in [0.5, 0.6) is 0 Å². The SMILES string of the molecule is CCCN(Cc1cc(=O)[nH]c2c(C)cc(C)cc12)C(=O)Nc1cccc(SC)c1. The number of nitrogens with zero attached hydrogens (tertiary/aromatic N) is 1. The topological polar surface area (TPSA) is 65.2 Å². The van der Waals surface area contributed by atoms with Crippen molar-refractivity contribution in [2.45, 2.75) is 38.6 Å². The van der Waals surface area contributed by atoms with Gasteiger partial charge in [0.15, 0.2) is 0 Å². The van der Waals surface area contributed by atoms with Gasteiger partial charge in [0.05, 0.1) is 5.52 Å². The fourth-order valence-corrected chi connectivity index (χ4v) is 4.00. The smallest absolute Gasteiger partial charge is 0.322 e. The molecule has 3 aromatic rings. The number of anilines is 1. The maximum atomic E-state index is 13.0. The number of nitrogens with one attached hydrogen (secondary N) is 2. The molecule has 0 aliphatic carbocycles. The molecule has 0 unspecified atom stereocenters. The molecule has 0 bridgehead atoms. The van der Waals surface area contributed by atoms with Gasteiger partial charge in [-0.2, -0.15) is 0 Å². The predicted molar refractivity (Wildman–Crippen MR) is 122 cm³/mol. The molecule has 29 heavy (non-hydrogen) atoms. The largest absolute Gasteiger partial charge is 0.322 e. The maximum Gasteiger partial charge on any atom is 0.322 e. The molecule has 2 amide bonds. The number of aryl methyl sites for hydroxylation is 2. The summed E-state index contributed by atoms with van der Waals surface area (Å²) < 4.78 is 0. The number of carbonyl (C=O) groups is 1. The molecule has 1 aromatic heterocycles. The Hall–Kier alpha value is -2.73. The van der Waals surface area contributed by atoms with E-state index in [0.29, 0.717) is 13.1 Å². The first kappa shape index (κ1) is 21.0. The first-order chi connectivity index (χ1) is 13.9. The summed E-state index contributed by atoms with van der Waals surface area (Å²) in [6, 6.07) is 13.3. The van der Waals surface area contributed by atoms with Crippen molar-refractivity contribution in [3.63, 3.8) is 0 Å². The van der Waals surface area contributed by atoms with Crippen LogP contribution in [0.4, 0.5) is 10.5 Å². The van der Waals surface area contributed by atoms with Gasteiger partial charge in [-0.15, -0.1) is 11.8 Å². The Balaban J connectivity index is 1.92. The highest BCUT2D eigenvalue weighted by Gasteiger charge is 2.16. The van der Waals surface area contributed by atoms with E-state index in [1.54, 1.807) is 22.7 Å². The molecule has 0 aliphatic rings. The molecule has 0 saturated carbocycles. The van der Waals surface area contributed by atoms with Gasteiger partial charge in [-0.1, -0.05) is 24.6 Å². The third-order valence-electron chi connectivity index (χ3n) is 4.84. The number of aromatic amines is 1. The fraction of sp³-hybridized carbons (Fsp3) is 0.304. The first-order valence-electron chi connectivity index (χ1n) is 9.74. The summed E-state index contributed by atoms with van der Waals surface area (Å²) in [7, 11) is 0. The van der Waals surface area contributed by atoms with Crippen LogP contribution in [0.25, 0.3) is 10.9 Å². The van der Waals surface area contributed by atoms with Crippen LogP contribution in [0.3, 0.4) is 0 Å². The van der Waals surface area contributed by atoms with Gasteiger partial charge in [0.1, 0.15) is 0 Å². The van der Waals surface area contributed by atoms with Crippen LogP contribution in [-0.4, -0.2) is 28.7 Å². The molecule has 0 aliphatic heterocycles. The molecule has 3 rings (SSSR count). The summed E-state index contributed by atoms with van der Waals surface area (Å²) in [4.78, 5) is 31.0. The molecular formula is C23H27N3O2S. The number of fused-ring (bicyclic) bond motifs is 1. The third kappa shape index (κ3) is 5.01. The normalized spacial score (nSPS) is 10.9. The molecule has 0 saturated heterocycles. The van der Waals surface area contributed by atoms with Crippen LogP contribution >= 0.6 is 11.8 Å². The Morgan fingerprint density at radius 3 is 2.69 bits per heavy atom. The summed E-state index contributed by atoms with van der Waals surface area (Å²) in [5.74, 6) is 0. The minimum absolute atomic E-state index is 0.149. The van der Waals surface area contributed by atoms with Gasteiger partial charge in [-0.3, -0.25) is 4.79 Å². The van der Waals surface area contributed by atoms with E-state index >= 15 is 0 Å². The van der Waals surface area contributed by atoms with Crippen LogP contribution in [0, 0.1) is 13.8 Å². The van der Waals surface area contributed by atoms with Gasteiger partial charge < -0.3 is 15.2 Å². The standard InChI is InChI=1S/C23H27N3O2S/c1-5-9-26(23(28)24-18-7-6-8-19(13-18)29-4)14-17-12-21(27)25-22-16(3)10-15(2)11-20(17)22/h6-8,10-13H,5,9,14H2,1-4H3,(H,24,28)(H,25,27). The van der Waals surface area contributed by atoms with Crippen LogP contribution in [-0.2, 0) is 6.54 Å². The molecule has 5 nitrogen and oxygen atoms in total. The monoisotopic (exact) mass is 409 g/mol. The minimum atomic E-state index is -0.164. The van der Waals surface area contributed by atoms with E-state index < -0.39 is 0 Å². The van der Waals surface area contributed by atoms with Gasteiger partial charge in [0, 0.05) is 35.1 Å². The molecule has 2 aromatic carbocycles. The Bertz CT molecular complexity index is 1090. The fourth-order valence-electron chi connectivity index (χ4n) is 3.54. The number of urea groups is 1. The van der Waals surface area contributed by atoms with E-state index in [9.17, 15) is 9.59 Å². The molecule has 2 N–H and O–H groups in total. The van der Waals surface area contributed by atoms with Crippen molar-refractivity contribution < 1.29 is 4.79 Å². The Morgan fingerprint density at radius 2 is 1.97 bits per heavy atom. The van der Waals surface area contributed by atoms with Gasteiger partial charge in [-0.25, -0.2) is 4.79 Å². The van der Waals surface area contributed by atoms with Crippen LogP contribution in [0.2, 0.25) is 0 Å². The summed E-state index contributed by atoms with van der Waals surface area (Å²) in [5.41, 5.74) is 4.47. The first-order valence-corrected chi connectivity index (χ1v) is 11.0. The molecule has 152 valence electrons. The van der Waals surface area contributed by atoms with E-state index in [0.717, 1.165) is 44.6 Å². The van der Waals surface area contributed by atoms with E-state index in [4.69, 9.17) is 0 Å². The second-order valence-electron chi connectivity index (χ2n) is 7.25. The lowest BCUT2D eigenvalue weighted by Gasteiger charge is -2.24. The number of amides is 2. The molecule has 0 radical (unpaired) electrons. The van der Waals surface area contributed by atoms with E-state index in [1.807, 2.05) is 51.3 Å². The minimum Gasteiger partial charge on any atom is -0.322 e. The highest BCUT2D eigenvalue weighted by atomic mass is 32.2. The van der Waals surface area contributed by atoms with E-state index in [1.165, 1.54) is 0 Å². The second kappa shape index (κ2) is 9.18. The van der Waals surface area contributed by atoms with Crippen molar-refractivity contribution >= 4 is 34.4 Å². The van der Waals surface area contributed by atoms with Gasteiger partial charge in [-0.05, 0) is 61.9 Å². The zero-order valence-electron chi connectivity index (χ0n) is 17.3. The number of thioether (sulfide) groups is 1. The second-order valence-corrected chi connectivity index (χ2v) is 8.13.